The second kappa shape index (κ2) is 3.51. The molecule has 84 valence electrons. The number of nitrogen functional groups attached to an aromatic ring is 1. The fourth-order valence-electron chi connectivity index (χ4n) is 2.60. The summed E-state index contributed by atoms with van der Waals surface area (Å²) in [6.07, 6.45) is 4.85. The van der Waals surface area contributed by atoms with E-state index >= 15 is 0 Å². The third-order valence-corrected chi connectivity index (χ3v) is 3.54. The number of nitrogens with two attached hydrogens (primary N) is 1. The maximum Gasteiger partial charge on any atom is 0.218 e. The molecule has 1 aromatic rings. The Kier molecular flexibility index (Phi) is 2.13. The molecule has 1 aliphatic heterocycles. The molecule has 1 spiro atoms. The van der Waals surface area contributed by atoms with Gasteiger partial charge in [-0.15, -0.1) is 0 Å². The molecule has 1 aromatic carbocycles. The van der Waals surface area contributed by atoms with Gasteiger partial charge in [0.2, 0.25) is 5.90 Å². The van der Waals surface area contributed by atoms with Crippen LogP contribution in [0.25, 0.3) is 0 Å². The third kappa shape index (κ3) is 1.47. The molecule has 1 aliphatic carbocycles. The van der Waals surface area contributed by atoms with Crippen molar-refractivity contribution in [3.05, 3.63) is 29.8 Å². The smallest absolute Gasteiger partial charge is 0.218 e. The molecule has 16 heavy (non-hydrogen) atoms. The molecular formula is C13H16N2O. The summed E-state index contributed by atoms with van der Waals surface area (Å²) in [6.45, 7) is 0.733. The number of hydrogen-bond donors (Lipinski definition) is 1. The lowest BCUT2D eigenvalue weighted by atomic mass is 10.0. The van der Waals surface area contributed by atoms with Crippen molar-refractivity contribution in [3.8, 4) is 0 Å². The van der Waals surface area contributed by atoms with Gasteiger partial charge in [-0.05, 0) is 25.0 Å². The maximum absolute atomic E-state index is 5.93. The van der Waals surface area contributed by atoms with Crippen molar-refractivity contribution >= 4 is 11.6 Å². The highest BCUT2D eigenvalue weighted by Crippen LogP contribution is 2.37. The SMILES string of the molecule is Nc1ccccc1C1=NC2(CCCC2)CO1. The monoisotopic (exact) mass is 216 g/mol. The zero-order valence-electron chi connectivity index (χ0n) is 9.28. The van der Waals surface area contributed by atoms with Gasteiger partial charge in [-0.2, -0.15) is 0 Å². The predicted octanol–water partition coefficient (Wildman–Crippen LogP) is 2.36. The first-order valence-corrected chi connectivity index (χ1v) is 5.87. The number of anilines is 1. The van der Waals surface area contributed by atoms with E-state index < -0.39 is 0 Å². The molecule has 3 nitrogen and oxygen atoms in total. The van der Waals surface area contributed by atoms with Crippen molar-refractivity contribution in [2.75, 3.05) is 12.3 Å². The number of benzene rings is 1. The average Bonchev–Trinajstić information content (AvgIpc) is 2.91. The molecule has 1 saturated carbocycles. The second-order valence-electron chi connectivity index (χ2n) is 4.72. The van der Waals surface area contributed by atoms with Crippen LogP contribution in [-0.2, 0) is 4.74 Å². The van der Waals surface area contributed by atoms with Crippen molar-refractivity contribution in [2.45, 2.75) is 31.2 Å². The summed E-state index contributed by atoms with van der Waals surface area (Å²) >= 11 is 0. The minimum Gasteiger partial charge on any atom is -0.475 e. The number of rotatable bonds is 1. The van der Waals surface area contributed by atoms with Crippen LogP contribution in [0.2, 0.25) is 0 Å². The van der Waals surface area contributed by atoms with Gasteiger partial charge in [-0.25, -0.2) is 4.99 Å². The Bertz CT molecular complexity index is 433. The van der Waals surface area contributed by atoms with Crippen LogP contribution in [0.1, 0.15) is 31.2 Å². The number of para-hydroxylation sites is 1. The van der Waals surface area contributed by atoms with Gasteiger partial charge in [0.1, 0.15) is 6.61 Å². The molecule has 0 amide bonds. The lowest BCUT2D eigenvalue weighted by Gasteiger charge is -2.14. The van der Waals surface area contributed by atoms with Crippen LogP contribution in [0, 0.1) is 0 Å². The first kappa shape index (κ1) is 9.70. The molecule has 0 radical (unpaired) electrons. The Hall–Kier alpha value is -1.51. The van der Waals surface area contributed by atoms with Gasteiger partial charge in [0.25, 0.3) is 0 Å². The van der Waals surface area contributed by atoms with E-state index in [0.29, 0.717) is 0 Å². The molecule has 0 bridgehead atoms. The summed E-state index contributed by atoms with van der Waals surface area (Å²) in [4.78, 5) is 4.76. The summed E-state index contributed by atoms with van der Waals surface area (Å²) in [5.74, 6) is 0.736. The Labute approximate surface area is 95.3 Å². The Morgan fingerprint density at radius 1 is 1.19 bits per heavy atom. The van der Waals surface area contributed by atoms with E-state index in [0.717, 1.165) is 36.6 Å². The molecule has 0 atom stereocenters. The molecule has 2 N–H and O–H groups in total. The topological polar surface area (TPSA) is 47.6 Å². The number of aliphatic imine (C=N–C) groups is 1. The number of ether oxygens (including phenoxy) is 1. The highest BCUT2D eigenvalue weighted by Gasteiger charge is 2.39. The zero-order chi connectivity index (χ0) is 11.0. The highest BCUT2D eigenvalue weighted by molar-refractivity contribution is 6.00. The molecule has 1 heterocycles. The fourth-order valence-corrected chi connectivity index (χ4v) is 2.60. The van der Waals surface area contributed by atoms with Gasteiger partial charge in [0.05, 0.1) is 11.1 Å². The van der Waals surface area contributed by atoms with Crippen LogP contribution in [0.4, 0.5) is 5.69 Å². The van der Waals surface area contributed by atoms with Gasteiger partial charge < -0.3 is 10.5 Å². The van der Waals surface area contributed by atoms with Crippen LogP contribution < -0.4 is 5.73 Å². The minimum absolute atomic E-state index is 0.0671. The van der Waals surface area contributed by atoms with E-state index in [-0.39, 0.29) is 5.54 Å². The normalized spacial score (nSPS) is 22.1. The lowest BCUT2D eigenvalue weighted by Crippen LogP contribution is -2.22. The van der Waals surface area contributed by atoms with Crippen molar-refractivity contribution in [1.82, 2.24) is 0 Å². The van der Waals surface area contributed by atoms with Crippen molar-refractivity contribution < 1.29 is 4.74 Å². The molecule has 0 saturated heterocycles. The Morgan fingerprint density at radius 3 is 2.69 bits per heavy atom. The highest BCUT2D eigenvalue weighted by atomic mass is 16.5. The van der Waals surface area contributed by atoms with Gasteiger partial charge in [-0.1, -0.05) is 25.0 Å². The standard InChI is InChI=1S/C13H16N2O/c14-11-6-2-1-5-10(11)12-15-13(9-16-12)7-3-4-8-13/h1-2,5-6H,3-4,7-9,14H2. The zero-order valence-corrected chi connectivity index (χ0v) is 9.28. The molecule has 3 heteroatoms. The first-order valence-electron chi connectivity index (χ1n) is 5.87. The first-order chi connectivity index (χ1) is 7.79. The van der Waals surface area contributed by atoms with Gasteiger partial charge >= 0.3 is 0 Å². The summed E-state index contributed by atoms with van der Waals surface area (Å²) in [7, 11) is 0. The molecule has 1 fully saturated rings. The summed E-state index contributed by atoms with van der Waals surface area (Å²) in [6, 6.07) is 7.76. The lowest BCUT2D eigenvalue weighted by molar-refractivity contribution is 0.258. The fraction of sp³-hybridized carbons (Fsp3) is 0.462. The molecule has 2 aliphatic rings. The van der Waals surface area contributed by atoms with Gasteiger partial charge in [0.15, 0.2) is 0 Å². The van der Waals surface area contributed by atoms with Crippen molar-refractivity contribution in [2.24, 2.45) is 4.99 Å². The van der Waals surface area contributed by atoms with Crippen LogP contribution in [0.5, 0.6) is 0 Å². The molecule has 3 rings (SSSR count). The van der Waals surface area contributed by atoms with Gasteiger partial charge in [0, 0.05) is 5.69 Å². The average molecular weight is 216 g/mol. The van der Waals surface area contributed by atoms with Crippen LogP contribution in [0.15, 0.2) is 29.3 Å². The van der Waals surface area contributed by atoms with Gasteiger partial charge in [-0.3, -0.25) is 0 Å². The molecule has 0 aromatic heterocycles. The molecule has 0 unspecified atom stereocenters. The quantitative estimate of drug-likeness (QED) is 0.732. The van der Waals surface area contributed by atoms with E-state index in [1.807, 2.05) is 24.3 Å². The number of nitrogens with zero attached hydrogens (tertiary/aromatic N) is 1. The maximum atomic E-state index is 5.93. The molecular weight excluding hydrogens is 200 g/mol. The van der Waals surface area contributed by atoms with E-state index in [2.05, 4.69) is 0 Å². The Balaban J connectivity index is 1.95. The van der Waals surface area contributed by atoms with Crippen LogP contribution in [-0.4, -0.2) is 18.0 Å². The summed E-state index contributed by atoms with van der Waals surface area (Å²) in [5.41, 5.74) is 7.68. The summed E-state index contributed by atoms with van der Waals surface area (Å²) < 4.78 is 5.73. The largest absolute Gasteiger partial charge is 0.475 e. The van der Waals surface area contributed by atoms with E-state index in [4.69, 9.17) is 15.5 Å². The number of hydrogen-bond acceptors (Lipinski definition) is 3. The van der Waals surface area contributed by atoms with Crippen LogP contribution >= 0.6 is 0 Å². The summed E-state index contributed by atoms with van der Waals surface area (Å²) in [5, 5.41) is 0. The second-order valence-corrected chi connectivity index (χ2v) is 4.72. The van der Waals surface area contributed by atoms with E-state index in [1.165, 1.54) is 12.8 Å². The third-order valence-electron chi connectivity index (χ3n) is 3.54. The Morgan fingerprint density at radius 2 is 1.94 bits per heavy atom. The van der Waals surface area contributed by atoms with Crippen LogP contribution in [0.3, 0.4) is 0 Å². The van der Waals surface area contributed by atoms with Crippen molar-refractivity contribution in [1.29, 1.82) is 0 Å². The van der Waals surface area contributed by atoms with E-state index in [1.54, 1.807) is 0 Å². The van der Waals surface area contributed by atoms with E-state index in [9.17, 15) is 0 Å². The minimum atomic E-state index is 0.0671. The van der Waals surface area contributed by atoms with Crippen molar-refractivity contribution in [3.63, 3.8) is 0 Å². The predicted molar refractivity (Wildman–Crippen MR) is 64.5 cm³/mol.